The molecule has 0 aliphatic carbocycles. The van der Waals surface area contributed by atoms with Gasteiger partial charge in [-0.05, 0) is 31.9 Å². The molecule has 100 valence electrons. The maximum absolute atomic E-state index is 9.76. The van der Waals surface area contributed by atoms with E-state index in [0.717, 1.165) is 18.5 Å². The van der Waals surface area contributed by atoms with Gasteiger partial charge in [-0.1, -0.05) is 30.3 Å². The second-order valence-electron chi connectivity index (χ2n) is 4.64. The number of benzene rings is 1. The molecule has 4 heteroatoms. The van der Waals surface area contributed by atoms with Crippen molar-refractivity contribution in [3.63, 3.8) is 0 Å². The van der Waals surface area contributed by atoms with Gasteiger partial charge in [0.05, 0.1) is 6.61 Å². The van der Waals surface area contributed by atoms with Crippen LogP contribution in [0, 0.1) is 0 Å². The lowest BCUT2D eigenvalue weighted by Gasteiger charge is -2.19. The van der Waals surface area contributed by atoms with E-state index in [2.05, 4.69) is 17.0 Å². The average molecular weight is 251 g/mol. The van der Waals surface area contributed by atoms with Crippen molar-refractivity contribution in [1.29, 1.82) is 0 Å². The SMILES string of the molecule is CC1(CO)CCCN1.O=COCc1ccccc1. The Morgan fingerprint density at radius 3 is 2.61 bits per heavy atom. The highest BCUT2D eigenvalue weighted by atomic mass is 16.5. The summed E-state index contributed by atoms with van der Waals surface area (Å²) in [5.41, 5.74) is 1.05. The Morgan fingerprint density at radius 2 is 2.17 bits per heavy atom. The fraction of sp³-hybridized carbons (Fsp3) is 0.500. The first-order valence-electron chi connectivity index (χ1n) is 6.15. The number of carbonyl (C=O) groups excluding carboxylic acids is 1. The first-order valence-corrected chi connectivity index (χ1v) is 6.15. The van der Waals surface area contributed by atoms with E-state index >= 15 is 0 Å². The van der Waals surface area contributed by atoms with E-state index in [0.29, 0.717) is 13.1 Å². The molecule has 0 aromatic heterocycles. The van der Waals surface area contributed by atoms with E-state index in [4.69, 9.17) is 5.11 Å². The largest absolute Gasteiger partial charge is 0.463 e. The summed E-state index contributed by atoms with van der Waals surface area (Å²) in [5, 5.41) is 12.0. The zero-order chi connectivity index (χ0) is 13.3. The van der Waals surface area contributed by atoms with Gasteiger partial charge < -0.3 is 15.2 Å². The molecule has 1 aliphatic heterocycles. The van der Waals surface area contributed by atoms with Gasteiger partial charge in [0, 0.05) is 5.54 Å². The van der Waals surface area contributed by atoms with Crippen LogP contribution in [0.25, 0.3) is 0 Å². The number of hydrogen-bond donors (Lipinski definition) is 2. The molecular weight excluding hydrogens is 230 g/mol. The molecule has 1 aliphatic rings. The number of aliphatic hydroxyl groups is 1. The summed E-state index contributed by atoms with van der Waals surface area (Å²) >= 11 is 0. The number of nitrogens with one attached hydrogen (secondary N) is 1. The van der Waals surface area contributed by atoms with Crippen LogP contribution in [0.4, 0.5) is 0 Å². The summed E-state index contributed by atoms with van der Waals surface area (Å²) in [4.78, 5) is 9.76. The summed E-state index contributed by atoms with van der Waals surface area (Å²) < 4.78 is 4.54. The number of rotatable bonds is 4. The van der Waals surface area contributed by atoms with Gasteiger partial charge in [-0.2, -0.15) is 0 Å². The van der Waals surface area contributed by atoms with Crippen molar-refractivity contribution in [2.24, 2.45) is 0 Å². The van der Waals surface area contributed by atoms with Gasteiger partial charge in [0.25, 0.3) is 6.47 Å². The standard InChI is InChI=1S/C8H8O2.C6H13NO/c9-7-10-6-8-4-2-1-3-5-8;1-6(5-8)3-2-4-7-6/h1-5,7H,6H2;7-8H,2-5H2,1H3. The van der Waals surface area contributed by atoms with E-state index in [1.165, 1.54) is 6.42 Å². The number of hydrogen-bond acceptors (Lipinski definition) is 4. The molecule has 0 spiro atoms. The lowest BCUT2D eigenvalue weighted by atomic mass is 10.0. The molecule has 1 fully saturated rings. The minimum absolute atomic E-state index is 0.0417. The molecule has 1 saturated heterocycles. The van der Waals surface area contributed by atoms with Crippen LogP contribution in [0.15, 0.2) is 30.3 Å². The Balaban J connectivity index is 0.000000184. The molecule has 0 saturated carbocycles. The Hall–Kier alpha value is -1.39. The Kier molecular flexibility index (Phi) is 6.39. The van der Waals surface area contributed by atoms with Crippen LogP contribution in [0.3, 0.4) is 0 Å². The quantitative estimate of drug-likeness (QED) is 0.796. The smallest absolute Gasteiger partial charge is 0.293 e. The molecule has 18 heavy (non-hydrogen) atoms. The molecule has 2 N–H and O–H groups in total. The Labute approximate surface area is 108 Å². The van der Waals surface area contributed by atoms with Crippen molar-refractivity contribution in [2.45, 2.75) is 31.9 Å². The third kappa shape index (κ3) is 5.29. The maximum Gasteiger partial charge on any atom is 0.293 e. The van der Waals surface area contributed by atoms with Gasteiger partial charge in [-0.3, -0.25) is 4.79 Å². The molecule has 0 amide bonds. The van der Waals surface area contributed by atoms with Gasteiger partial charge in [0.2, 0.25) is 0 Å². The molecule has 2 rings (SSSR count). The number of ether oxygens (including phenoxy) is 1. The van der Waals surface area contributed by atoms with Crippen molar-refractivity contribution in [3.8, 4) is 0 Å². The summed E-state index contributed by atoms with van der Waals surface area (Å²) in [6, 6.07) is 9.55. The van der Waals surface area contributed by atoms with Gasteiger partial charge in [0.1, 0.15) is 6.61 Å². The first-order chi connectivity index (χ1) is 8.70. The summed E-state index contributed by atoms with van der Waals surface area (Å²) in [6.45, 7) is 4.21. The highest BCUT2D eigenvalue weighted by Gasteiger charge is 2.26. The third-order valence-electron chi connectivity index (χ3n) is 2.97. The van der Waals surface area contributed by atoms with Crippen LogP contribution in [0.5, 0.6) is 0 Å². The monoisotopic (exact) mass is 251 g/mol. The molecule has 1 heterocycles. The summed E-state index contributed by atoms with van der Waals surface area (Å²) in [7, 11) is 0. The normalized spacial score (nSPS) is 21.9. The zero-order valence-electron chi connectivity index (χ0n) is 10.8. The molecule has 1 aromatic carbocycles. The van der Waals surface area contributed by atoms with Gasteiger partial charge >= 0.3 is 0 Å². The van der Waals surface area contributed by atoms with Crippen LogP contribution in [-0.2, 0) is 16.1 Å². The fourth-order valence-corrected chi connectivity index (χ4v) is 1.80. The van der Waals surface area contributed by atoms with Gasteiger partial charge in [-0.15, -0.1) is 0 Å². The van der Waals surface area contributed by atoms with Crippen molar-refractivity contribution < 1.29 is 14.6 Å². The topological polar surface area (TPSA) is 58.6 Å². The average Bonchev–Trinajstić information content (AvgIpc) is 2.86. The lowest BCUT2D eigenvalue weighted by molar-refractivity contribution is -0.129. The lowest BCUT2D eigenvalue weighted by Crippen LogP contribution is -2.39. The summed E-state index contributed by atoms with van der Waals surface area (Å²) in [6.07, 6.45) is 2.32. The third-order valence-corrected chi connectivity index (χ3v) is 2.97. The van der Waals surface area contributed by atoms with Gasteiger partial charge in [0.15, 0.2) is 0 Å². The summed E-state index contributed by atoms with van der Waals surface area (Å²) in [5.74, 6) is 0. The van der Waals surface area contributed by atoms with E-state index in [1.807, 2.05) is 30.3 Å². The van der Waals surface area contributed by atoms with Gasteiger partial charge in [-0.25, -0.2) is 0 Å². The van der Waals surface area contributed by atoms with Crippen molar-refractivity contribution in [3.05, 3.63) is 35.9 Å². The molecular formula is C14H21NO3. The van der Waals surface area contributed by atoms with Crippen molar-refractivity contribution >= 4 is 6.47 Å². The number of carbonyl (C=O) groups is 1. The minimum Gasteiger partial charge on any atom is -0.463 e. The molecule has 0 bridgehead atoms. The first kappa shape index (κ1) is 14.7. The Bertz CT molecular complexity index is 334. The highest BCUT2D eigenvalue weighted by molar-refractivity contribution is 5.37. The van der Waals surface area contributed by atoms with Crippen LogP contribution in [-0.4, -0.2) is 30.3 Å². The molecule has 1 unspecified atom stereocenters. The number of aliphatic hydroxyl groups excluding tert-OH is 1. The van der Waals surface area contributed by atoms with E-state index in [9.17, 15) is 4.79 Å². The predicted molar refractivity (Wildman–Crippen MR) is 70.0 cm³/mol. The van der Waals surface area contributed by atoms with E-state index < -0.39 is 0 Å². The van der Waals surface area contributed by atoms with E-state index in [1.54, 1.807) is 0 Å². The minimum atomic E-state index is 0.0417. The fourth-order valence-electron chi connectivity index (χ4n) is 1.80. The van der Waals surface area contributed by atoms with Crippen LogP contribution in [0.2, 0.25) is 0 Å². The van der Waals surface area contributed by atoms with Crippen molar-refractivity contribution in [1.82, 2.24) is 5.32 Å². The maximum atomic E-state index is 9.76. The molecule has 4 nitrogen and oxygen atoms in total. The predicted octanol–water partition coefficient (Wildman–Crippen LogP) is 1.48. The highest BCUT2D eigenvalue weighted by Crippen LogP contribution is 2.16. The van der Waals surface area contributed by atoms with E-state index in [-0.39, 0.29) is 12.1 Å². The zero-order valence-corrected chi connectivity index (χ0v) is 10.8. The second kappa shape index (κ2) is 7.84. The molecule has 0 radical (unpaired) electrons. The van der Waals surface area contributed by atoms with Crippen LogP contribution in [0.1, 0.15) is 25.3 Å². The Morgan fingerprint density at radius 1 is 1.44 bits per heavy atom. The van der Waals surface area contributed by atoms with Crippen molar-refractivity contribution in [2.75, 3.05) is 13.2 Å². The molecule has 1 atom stereocenters. The van der Waals surface area contributed by atoms with Crippen LogP contribution >= 0.6 is 0 Å². The van der Waals surface area contributed by atoms with Crippen LogP contribution < -0.4 is 5.32 Å². The second-order valence-corrected chi connectivity index (χ2v) is 4.64. The molecule has 1 aromatic rings.